The lowest BCUT2D eigenvalue weighted by Gasteiger charge is -2.44. The predicted octanol–water partition coefficient (Wildman–Crippen LogP) is 5.27. The van der Waals surface area contributed by atoms with Crippen molar-refractivity contribution in [2.45, 2.75) is 89.9 Å². The molecule has 1 heterocycles. The average Bonchev–Trinajstić information content (AvgIpc) is 3.41. The summed E-state index contributed by atoms with van der Waals surface area (Å²) in [6.07, 6.45) is 14.3. The number of nitrogens with zero attached hydrogens (tertiary/aromatic N) is 1. The molecule has 3 fully saturated rings. The summed E-state index contributed by atoms with van der Waals surface area (Å²) in [5.74, 6) is 1.79. The molecule has 3 saturated carbocycles. The highest BCUT2D eigenvalue weighted by Crippen LogP contribution is 2.60. The van der Waals surface area contributed by atoms with Gasteiger partial charge in [-0.15, -0.1) is 0 Å². The fraction of sp³-hybridized carbons (Fsp3) is 0.667. The van der Waals surface area contributed by atoms with Gasteiger partial charge < -0.3 is 19.7 Å². The molecule has 3 N–H and O–H groups in total. The van der Waals surface area contributed by atoms with Gasteiger partial charge in [0.2, 0.25) is 0 Å². The predicted molar refractivity (Wildman–Crippen MR) is 125 cm³/mol. The summed E-state index contributed by atoms with van der Waals surface area (Å²) in [4.78, 5) is 4.09. The minimum Gasteiger partial charge on any atom is -0.451 e. The zero-order valence-electron chi connectivity index (χ0n) is 19.5. The van der Waals surface area contributed by atoms with E-state index in [-0.39, 0.29) is 0 Å². The Bertz CT molecular complexity index is 857. The van der Waals surface area contributed by atoms with E-state index in [0.29, 0.717) is 48.1 Å². The normalized spacial score (nSPS) is 37.6. The van der Waals surface area contributed by atoms with E-state index in [4.69, 9.17) is 4.42 Å². The maximum atomic E-state index is 10.4. The number of oxazole rings is 1. The van der Waals surface area contributed by atoms with E-state index in [0.717, 1.165) is 24.0 Å². The summed E-state index contributed by atoms with van der Waals surface area (Å²) in [7, 11) is 0. The van der Waals surface area contributed by atoms with Gasteiger partial charge in [-0.3, -0.25) is 0 Å². The SMILES string of the molecule is C=C1/C(=C\C=C2/CCC[C@]3(C)[C@@H]([C@H](C)CC[C@H](O)c4cocn4)CC[C@@H]23)C[C@@H](O)C[C@@H]1O. The molecule has 4 rings (SSSR count). The number of rotatable bonds is 6. The Hall–Kier alpha value is -1.69. The first-order chi connectivity index (χ1) is 15.3. The number of aliphatic hydroxyl groups excluding tert-OH is 3. The molecule has 176 valence electrons. The molecule has 7 atom stereocenters. The van der Waals surface area contributed by atoms with Crippen molar-refractivity contribution in [3.63, 3.8) is 0 Å². The van der Waals surface area contributed by atoms with Crippen LogP contribution in [0.25, 0.3) is 0 Å². The van der Waals surface area contributed by atoms with Gasteiger partial charge in [0.1, 0.15) is 12.0 Å². The molecule has 5 nitrogen and oxygen atoms in total. The number of fused-ring (bicyclic) bond motifs is 1. The molecule has 1 aromatic rings. The third kappa shape index (κ3) is 4.66. The highest BCUT2D eigenvalue weighted by atomic mass is 16.3. The fourth-order valence-electron chi connectivity index (χ4n) is 6.84. The molecule has 32 heavy (non-hydrogen) atoms. The van der Waals surface area contributed by atoms with Gasteiger partial charge in [-0.25, -0.2) is 4.98 Å². The summed E-state index contributed by atoms with van der Waals surface area (Å²) in [5, 5.41) is 30.6. The lowest BCUT2D eigenvalue weighted by Crippen LogP contribution is -2.36. The maximum absolute atomic E-state index is 10.4. The smallest absolute Gasteiger partial charge is 0.180 e. The van der Waals surface area contributed by atoms with Crippen molar-refractivity contribution in [2.24, 2.45) is 23.2 Å². The Morgan fingerprint density at radius 1 is 1.28 bits per heavy atom. The zero-order chi connectivity index (χ0) is 22.9. The molecule has 0 unspecified atom stereocenters. The second-order valence-electron chi connectivity index (χ2n) is 10.6. The molecule has 0 saturated heterocycles. The van der Waals surface area contributed by atoms with Crippen LogP contribution in [0.4, 0.5) is 0 Å². The van der Waals surface area contributed by atoms with Crippen molar-refractivity contribution < 1.29 is 19.7 Å². The molecular weight excluding hydrogens is 402 g/mol. The van der Waals surface area contributed by atoms with Crippen LogP contribution in [0.1, 0.15) is 83.4 Å². The Morgan fingerprint density at radius 2 is 2.09 bits per heavy atom. The quantitative estimate of drug-likeness (QED) is 0.560. The van der Waals surface area contributed by atoms with Gasteiger partial charge in [-0.05, 0) is 85.7 Å². The monoisotopic (exact) mass is 441 g/mol. The number of allylic oxidation sites excluding steroid dienone is 3. The molecular formula is C27H39NO4. The molecule has 0 amide bonds. The summed E-state index contributed by atoms with van der Waals surface area (Å²) in [6, 6.07) is 0. The van der Waals surface area contributed by atoms with Crippen molar-refractivity contribution in [3.8, 4) is 0 Å². The van der Waals surface area contributed by atoms with Gasteiger partial charge in [-0.2, -0.15) is 0 Å². The molecule has 0 aromatic carbocycles. The van der Waals surface area contributed by atoms with Crippen LogP contribution in [0.15, 0.2) is 52.5 Å². The van der Waals surface area contributed by atoms with Gasteiger partial charge in [0, 0.05) is 6.42 Å². The van der Waals surface area contributed by atoms with Crippen LogP contribution in [-0.2, 0) is 0 Å². The van der Waals surface area contributed by atoms with Crippen LogP contribution in [0.2, 0.25) is 0 Å². The molecule has 0 radical (unpaired) electrons. The van der Waals surface area contributed by atoms with Gasteiger partial charge in [0.15, 0.2) is 6.39 Å². The Morgan fingerprint density at radius 3 is 2.84 bits per heavy atom. The first kappa shape index (κ1) is 23.5. The minimum atomic E-state index is -0.635. The van der Waals surface area contributed by atoms with E-state index in [9.17, 15) is 15.3 Å². The van der Waals surface area contributed by atoms with Crippen molar-refractivity contribution in [2.75, 3.05) is 0 Å². The van der Waals surface area contributed by atoms with Crippen molar-refractivity contribution >= 4 is 0 Å². The lowest BCUT2D eigenvalue weighted by molar-refractivity contribution is 0.0817. The van der Waals surface area contributed by atoms with Crippen molar-refractivity contribution in [1.82, 2.24) is 4.98 Å². The van der Waals surface area contributed by atoms with Gasteiger partial charge in [0.25, 0.3) is 0 Å². The number of hydrogen-bond acceptors (Lipinski definition) is 5. The summed E-state index contributed by atoms with van der Waals surface area (Å²) < 4.78 is 5.01. The van der Waals surface area contributed by atoms with Gasteiger partial charge >= 0.3 is 0 Å². The third-order valence-corrected chi connectivity index (χ3v) is 8.68. The Kier molecular flexibility index (Phi) is 7.09. The van der Waals surface area contributed by atoms with Crippen LogP contribution < -0.4 is 0 Å². The van der Waals surface area contributed by atoms with E-state index >= 15 is 0 Å². The van der Waals surface area contributed by atoms with Crippen LogP contribution in [0.5, 0.6) is 0 Å². The molecule has 5 heteroatoms. The Labute approximate surface area is 192 Å². The highest BCUT2D eigenvalue weighted by molar-refractivity contribution is 5.38. The average molecular weight is 442 g/mol. The lowest BCUT2D eigenvalue weighted by atomic mass is 9.60. The summed E-state index contributed by atoms with van der Waals surface area (Å²) in [6.45, 7) is 8.88. The maximum Gasteiger partial charge on any atom is 0.180 e. The molecule has 3 aliphatic rings. The molecule has 0 bridgehead atoms. The zero-order valence-corrected chi connectivity index (χ0v) is 19.5. The first-order valence-corrected chi connectivity index (χ1v) is 12.3. The number of aromatic nitrogens is 1. The van der Waals surface area contributed by atoms with Gasteiger partial charge in [-0.1, -0.05) is 38.2 Å². The molecule has 0 aliphatic heterocycles. The fourth-order valence-corrected chi connectivity index (χ4v) is 6.84. The van der Waals surface area contributed by atoms with Crippen LogP contribution in [0.3, 0.4) is 0 Å². The second-order valence-corrected chi connectivity index (χ2v) is 10.6. The summed E-state index contributed by atoms with van der Waals surface area (Å²) in [5.41, 5.74) is 4.19. The van der Waals surface area contributed by atoms with Crippen LogP contribution >= 0.6 is 0 Å². The van der Waals surface area contributed by atoms with Crippen LogP contribution in [0, 0.1) is 23.2 Å². The van der Waals surface area contributed by atoms with E-state index < -0.39 is 18.3 Å². The van der Waals surface area contributed by atoms with Gasteiger partial charge in [0.05, 0.1) is 18.3 Å². The van der Waals surface area contributed by atoms with E-state index in [2.05, 4.69) is 37.6 Å². The molecule has 1 aromatic heterocycles. The molecule has 0 spiro atoms. The second kappa shape index (κ2) is 9.66. The summed E-state index contributed by atoms with van der Waals surface area (Å²) >= 11 is 0. The number of aliphatic hydroxyl groups is 3. The van der Waals surface area contributed by atoms with E-state index in [1.54, 1.807) is 0 Å². The highest BCUT2D eigenvalue weighted by Gasteiger charge is 2.50. The van der Waals surface area contributed by atoms with E-state index in [1.165, 1.54) is 43.9 Å². The Balaban J connectivity index is 1.44. The third-order valence-electron chi connectivity index (χ3n) is 8.68. The standard InChI is InChI=1S/C27H39NO4/c1-17(6-11-25(30)24-15-32-16-28-24)22-9-10-23-19(5-4-12-27(22,23)3)7-8-20-13-21(29)14-26(31)18(20)2/h7-8,15-17,21-23,25-26,29-31H,2,4-6,9-14H2,1,3H3/b19-7+,20-8-/t17-,21-,22-,23+,25+,26+,27-/m1/s1. The first-order valence-electron chi connectivity index (χ1n) is 12.3. The van der Waals surface area contributed by atoms with E-state index in [1.807, 2.05) is 0 Å². The van der Waals surface area contributed by atoms with Crippen LogP contribution in [-0.4, -0.2) is 32.5 Å². The van der Waals surface area contributed by atoms with Crippen molar-refractivity contribution in [1.29, 1.82) is 0 Å². The number of hydrogen-bond donors (Lipinski definition) is 3. The largest absolute Gasteiger partial charge is 0.451 e. The topological polar surface area (TPSA) is 86.7 Å². The van der Waals surface area contributed by atoms with Crippen molar-refractivity contribution in [3.05, 3.63) is 53.8 Å². The molecule has 3 aliphatic carbocycles. The minimum absolute atomic E-state index is 0.295.